The van der Waals surface area contributed by atoms with Gasteiger partial charge in [0.2, 0.25) is 29.5 Å². The van der Waals surface area contributed by atoms with Crippen LogP contribution in [-0.2, 0) is 66.6 Å². The van der Waals surface area contributed by atoms with Crippen LogP contribution in [0, 0.1) is 5.92 Å². The zero-order valence-electron chi connectivity index (χ0n) is 39.9. The van der Waals surface area contributed by atoms with Gasteiger partial charge in [-0.15, -0.1) is 0 Å². The molecule has 0 spiro atoms. The minimum absolute atomic E-state index is 0. The van der Waals surface area contributed by atoms with Crippen LogP contribution < -0.4 is 90.2 Å². The van der Waals surface area contributed by atoms with Gasteiger partial charge >= 0.3 is 65.1 Å². The number of nitrogens with one attached hydrogen (secondary N) is 4. The molecular weight excluding hydrogens is 953 g/mol. The van der Waals surface area contributed by atoms with E-state index in [1.54, 1.807) is 74.5 Å². The Kier molecular flexibility index (Phi) is 23.7. The summed E-state index contributed by atoms with van der Waals surface area (Å²) < 4.78 is 20.9. The van der Waals surface area contributed by atoms with E-state index >= 15 is 4.79 Å². The fourth-order valence-corrected chi connectivity index (χ4v) is 8.23. The van der Waals surface area contributed by atoms with Crippen LogP contribution in [-0.4, -0.2) is 135 Å². The number of phenolic OH excluding ortho intramolecular Hbond substituents is 1. The molecule has 2 heterocycles. The monoisotopic (exact) mass is 1010 g/mol. The van der Waals surface area contributed by atoms with E-state index < -0.39 is 116 Å². The number of aromatic hydroxyl groups is 1. The molecule has 6 amide bonds. The predicted octanol–water partition coefficient (Wildman–Crippen LogP) is -7.30. The first-order valence-electron chi connectivity index (χ1n) is 22.1. The molecule has 2 aliphatic rings. The topological polar surface area (TPSA) is 316 Å². The fourth-order valence-electron chi connectivity index (χ4n) is 7.91. The molecule has 0 aliphatic carbocycles. The van der Waals surface area contributed by atoms with E-state index in [4.69, 9.17) is 4.74 Å². The number of ether oxygens (including phenoxy) is 1. The first kappa shape index (κ1) is 60.1. The van der Waals surface area contributed by atoms with Gasteiger partial charge in [-0.3, -0.25) is 28.8 Å². The van der Waals surface area contributed by atoms with Gasteiger partial charge in [0.25, 0.3) is 5.91 Å². The van der Waals surface area contributed by atoms with Crippen LogP contribution >= 0.6 is 7.82 Å². The average Bonchev–Trinajstić information content (AvgIpc) is 3.30. The minimum atomic E-state index is -5.67. The number of carbonyl (C=O) groups excluding carboxylic acids is 7. The van der Waals surface area contributed by atoms with Gasteiger partial charge in [-0.25, -0.2) is 4.79 Å². The zero-order chi connectivity index (χ0) is 49.9. The first-order valence-corrected chi connectivity index (χ1v) is 23.5. The molecule has 21 nitrogen and oxygen atoms in total. The number of amides is 6. The molecule has 2 bridgehead atoms. The number of phosphoric acid groups is 1. The van der Waals surface area contributed by atoms with Crippen LogP contribution in [0.15, 0.2) is 84.9 Å². The molecule has 7 N–H and O–H groups in total. The third kappa shape index (κ3) is 16.7. The molecule has 10 atom stereocenters. The van der Waals surface area contributed by atoms with Gasteiger partial charge in [-0.2, -0.15) is 0 Å². The number of fused-ring (bicyclic) bond motifs is 2. The van der Waals surface area contributed by atoms with Gasteiger partial charge in [-0.1, -0.05) is 93.1 Å². The van der Waals surface area contributed by atoms with Gasteiger partial charge in [0, 0.05) is 26.3 Å². The second-order valence-corrected chi connectivity index (χ2v) is 18.1. The molecule has 0 saturated carbocycles. The molecule has 0 unspecified atom stereocenters. The number of nitrogens with zero attached hydrogens (tertiary/aromatic N) is 2. The SMILES string of the molecule is CC[C@H](C)[C@@H]1NC(=O)[C@H](Cc2ccc(O)cc2)N(C)C(=O)[C@H](Cc2ccccc2)N2C(=O)[C@H](CC[C@H]2O)NC(=O)[C@H](Cc2ccccc2)NC(=O)[C@@H](NC(=O)[C@@H](O)COP(=O)([O-])[O-])[C@@H](C)OC1=O.[Na+].[Na+]. The van der Waals surface area contributed by atoms with Crippen molar-refractivity contribution >= 4 is 49.2 Å². The van der Waals surface area contributed by atoms with Crippen LogP contribution in [0.2, 0.25) is 0 Å². The van der Waals surface area contributed by atoms with Crippen molar-refractivity contribution in [2.24, 2.45) is 5.92 Å². The van der Waals surface area contributed by atoms with Crippen molar-refractivity contribution in [3.8, 4) is 5.75 Å². The fraction of sp³-hybridized carbons (Fsp3) is 0.457. The summed E-state index contributed by atoms with van der Waals surface area (Å²) in [5.74, 6) is -7.89. The maximum atomic E-state index is 15.0. The molecule has 70 heavy (non-hydrogen) atoms. The number of likely N-dealkylation sites (N-methyl/N-ethyl adjacent to an activating group) is 1. The Hall–Kier alpha value is -4.22. The summed E-state index contributed by atoms with van der Waals surface area (Å²) in [5, 5.41) is 42.1. The van der Waals surface area contributed by atoms with Gasteiger partial charge in [-0.05, 0) is 54.5 Å². The molecule has 2 aliphatic heterocycles. The molecule has 3 aromatic rings. The number of phenols is 1. The Morgan fingerprint density at radius 1 is 0.814 bits per heavy atom. The number of carbonyl (C=O) groups is 7. The van der Waals surface area contributed by atoms with Gasteiger partial charge in [0.1, 0.15) is 54.3 Å². The van der Waals surface area contributed by atoms with E-state index in [1.165, 1.54) is 38.2 Å². The molecule has 0 aromatic heterocycles. The third-order valence-electron chi connectivity index (χ3n) is 12.0. The van der Waals surface area contributed by atoms with Crippen molar-refractivity contribution in [2.45, 2.75) is 114 Å². The molecule has 0 radical (unpaired) electrons. The minimum Gasteiger partial charge on any atom is -0.790 e. The quantitative estimate of drug-likeness (QED) is 0.0476. The maximum absolute atomic E-state index is 15.0. The number of benzene rings is 3. The molecule has 24 heteroatoms. The van der Waals surface area contributed by atoms with Gasteiger partial charge < -0.3 is 70.0 Å². The zero-order valence-corrected chi connectivity index (χ0v) is 44.8. The predicted molar refractivity (Wildman–Crippen MR) is 237 cm³/mol. The van der Waals surface area contributed by atoms with Crippen molar-refractivity contribution in [2.75, 3.05) is 13.7 Å². The van der Waals surface area contributed by atoms with E-state index in [-0.39, 0.29) is 103 Å². The van der Waals surface area contributed by atoms with Crippen LogP contribution in [0.5, 0.6) is 5.75 Å². The van der Waals surface area contributed by atoms with Crippen LogP contribution in [0.25, 0.3) is 0 Å². The number of esters is 1. The maximum Gasteiger partial charge on any atom is 1.00 e. The summed E-state index contributed by atoms with van der Waals surface area (Å²) in [6.45, 7) is 3.18. The Morgan fingerprint density at radius 3 is 1.94 bits per heavy atom. The molecule has 3 aromatic carbocycles. The van der Waals surface area contributed by atoms with Crippen molar-refractivity contribution in [3.05, 3.63) is 102 Å². The summed E-state index contributed by atoms with van der Waals surface area (Å²) in [6.07, 6.45) is -6.03. The van der Waals surface area contributed by atoms with E-state index in [0.717, 1.165) is 9.80 Å². The number of piperidine rings is 1. The summed E-state index contributed by atoms with van der Waals surface area (Å²) in [4.78, 5) is 125. The number of aliphatic hydroxyl groups excluding tert-OH is 2. The normalized spacial score (nSPS) is 24.9. The summed E-state index contributed by atoms with van der Waals surface area (Å²) in [7, 11) is -4.34. The number of hydrogen-bond donors (Lipinski definition) is 7. The number of aliphatic hydroxyl groups is 2. The Morgan fingerprint density at radius 2 is 1.37 bits per heavy atom. The van der Waals surface area contributed by atoms with Crippen LogP contribution in [0.1, 0.15) is 56.7 Å². The summed E-state index contributed by atoms with van der Waals surface area (Å²) in [6, 6.07) is 13.6. The standard InChI is InChI=1S/C46H59N6O15P.2Na/c1-5-26(2)38-46(62)67-27(3)39(50-42(58)36(54)25-66-68(63,64)65)43(59)48-33(22-28-12-8-6-9-13-28)40(56)47-32-20-21-37(55)52(44(32)60)35(24-29-14-10-7-11-15-29)45(61)51(4)34(41(57)49-38)23-30-16-18-31(53)19-17-30;;/h6-19,26-27,32-39,53-55H,5,20-25H2,1-4H3,(H,47,56)(H,48,59)(H,49,57)(H,50,58)(H2,63,64,65);;/q;2*+1/p-2/t26-,27+,32-,33-,34-,35-,36-,37+,38-,39-;;/m0../s1. The largest absolute Gasteiger partial charge is 1.00 e. The Balaban J connectivity index is 0.00000648. The Bertz CT molecular complexity index is 2320. The van der Waals surface area contributed by atoms with E-state index in [9.17, 15) is 58.4 Å². The summed E-state index contributed by atoms with van der Waals surface area (Å²) in [5.41, 5.74) is 1.58. The van der Waals surface area contributed by atoms with Crippen molar-refractivity contribution < 1.29 is 132 Å². The molecule has 2 fully saturated rings. The molecule has 368 valence electrons. The summed E-state index contributed by atoms with van der Waals surface area (Å²) >= 11 is 0. The Labute approximate surface area is 449 Å². The number of cyclic esters (lactones) is 1. The average molecular weight is 1010 g/mol. The molecule has 2 saturated heterocycles. The number of rotatable bonds is 13. The van der Waals surface area contributed by atoms with Crippen molar-refractivity contribution in [1.82, 2.24) is 31.1 Å². The second kappa shape index (κ2) is 27.6. The number of phosphoric ester groups is 1. The number of hydrogen-bond acceptors (Lipinski definition) is 15. The van der Waals surface area contributed by atoms with Crippen molar-refractivity contribution in [3.63, 3.8) is 0 Å². The van der Waals surface area contributed by atoms with Crippen LogP contribution in [0.3, 0.4) is 0 Å². The first-order chi connectivity index (χ1) is 32.2. The third-order valence-corrected chi connectivity index (χ3v) is 12.5. The smallest absolute Gasteiger partial charge is 0.790 e. The molecule has 5 rings (SSSR count). The van der Waals surface area contributed by atoms with Crippen molar-refractivity contribution in [1.29, 1.82) is 0 Å². The molecular formula is C46H57N6Na2O15P. The van der Waals surface area contributed by atoms with E-state index in [1.807, 2.05) is 0 Å². The van der Waals surface area contributed by atoms with Gasteiger partial charge in [0.05, 0.1) is 14.4 Å². The second-order valence-electron chi connectivity index (χ2n) is 16.9. The van der Waals surface area contributed by atoms with Crippen LogP contribution in [0.4, 0.5) is 0 Å². The van der Waals surface area contributed by atoms with Gasteiger partial charge in [0.15, 0.2) is 6.10 Å². The van der Waals surface area contributed by atoms with E-state index in [2.05, 4.69) is 25.8 Å². The van der Waals surface area contributed by atoms with E-state index in [0.29, 0.717) is 16.7 Å².